The Labute approximate surface area is 111 Å². The normalized spacial score (nSPS) is 16.7. The third-order valence-electron chi connectivity index (χ3n) is 2.87. The summed E-state index contributed by atoms with van der Waals surface area (Å²) < 4.78 is 0. The van der Waals surface area contributed by atoms with E-state index in [0.717, 1.165) is 17.9 Å². The molecule has 1 aliphatic rings. The van der Waals surface area contributed by atoms with E-state index in [0.29, 0.717) is 11.7 Å². The van der Waals surface area contributed by atoms with Crippen molar-refractivity contribution in [2.75, 3.05) is 18.8 Å². The third kappa shape index (κ3) is 3.26. The van der Waals surface area contributed by atoms with Crippen molar-refractivity contribution < 1.29 is 4.79 Å². The van der Waals surface area contributed by atoms with Crippen molar-refractivity contribution in [3.05, 3.63) is 35.9 Å². The molecule has 1 amide bonds. The molecule has 18 heavy (non-hydrogen) atoms. The number of benzene rings is 1. The molecule has 1 aromatic rings. The maximum atomic E-state index is 11.3. The Morgan fingerprint density at radius 3 is 2.78 bits per heavy atom. The van der Waals surface area contributed by atoms with Gasteiger partial charge < -0.3 is 10.2 Å². The van der Waals surface area contributed by atoms with E-state index in [-0.39, 0.29) is 11.9 Å². The van der Waals surface area contributed by atoms with E-state index < -0.39 is 0 Å². The van der Waals surface area contributed by atoms with Crippen LogP contribution in [0.2, 0.25) is 0 Å². The number of nitrogens with one attached hydrogen (secondary N) is 2. The van der Waals surface area contributed by atoms with Crippen LogP contribution in [-0.2, 0) is 4.79 Å². The van der Waals surface area contributed by atoms with E-state index >= 15 is 0 Å². The van der Waals surface area contributed by atoms with Gasteiger partial charge in [0, 0.05) is 25.8 Å². The van der Waals surface area contributed by atoms with Gasteiger partial charge in [0.1, 0.15) is 0 Å². The molecule has 4 nitrogen and oxygen atoms in total. The number of amides is 1. The monoisotopic (exact) mass is 263 g/mol. The van der Waals surface area contributed by atoms with Crippen molar-refractivity contribution in [2.45, 2.75) is 13.0 Å². The van der Waals surface area contributed by atoms with Gasteiger partial charge in [-0.15, -0.1) is 0 Å². The molecule has 1 aliphatic heterocycles. The summed E-state index contributed by atoms with van der Waals surface area (Å²) in [5.41, 5.74) is 1.08. The molecule has 1 fully saturated rings. The molecule has 96 valence electrons. The summed E-state index contributed by atoms with van der Waals surface area (Å²) in [7, 11) is 0. The highest BCUT2D eigenvalue weighted by Crippen LogP contribution is 2.21. The average Bonchev–Trinajstić information content (AvgIpc) is 2.75. The zero-order valence-electron chi connectivity index (χ0n) is 10.3. The number of hydrogen-bond acceptors (Lipinski definition) is 3. The number of hydrogen-bond donors (Lipinski definition) is 2. The minimum atomic E-state index is -0.0530. The predicted molar refractivity (Wildman–Crippen MR) is 74.8 cm³/mol. The van der Waals surface area contributed by atoms with Crippen molar-refractivity contribution in [3.63, 3.8) is 0 Å². The zero-order chi connectivity index (χ0) is 13.0. The molecular formula is C13H17N3OS. The lowest BCUT2D eigenvalue weighted by atomic mass is 10.1. The molecule has 1 atom stereocenters. The Morgan fingerprint density at radius 2 is 2.22 bits per heavy atom. The van der Waals surface area contributed by atoms with E-state index in [1.54, 1.807) is 11.8 Å². The van der Waals surface area contributed by atoms with Crippen LogP contribution >= 0.6 is 11.8 Å². The highest BCUT2D eigenvalue weighted by molar-refractivity contribution is 8.14. The Morgan fingerprint density at radius 1 is 1.50 bits per heavy atom. The molecular weight excluding hydrogens is 246 g/mol. The first-order valence-corrected chi connectivity index (χ1v) is 6.93. The van der Waals surface area contributed by atoms with Crippen LogP contribution in [0.15, 0.2) is 30.3 Å². The number of carbonyl (C=O) groups is 1. The summed E-state index contributed by atoms with van der Waals surface area (Å²) in [5, 5.41) is 11.4. The summed E-state index contributed by atoms with van der Waals surface area (Å²) >= 11 is 1.56. The minimum absolute atomic E-state index is 0.0396. The summed E-state index contributed by atoms with van der Waals surface area (Å²) in [6.07, 6.45) is 0. The van der Waals surface area contributed by atoms with Crippen LogP contribution in [0.3, 0.4) is 0 Å². The van der Waals surface area contributed by atoms with Crippen LogP contribution in [0.5, 0.6) is 0 Å². The largest absolute Gasteiger partial charge is 0.348 e. The molecule has 2 N–H and O–H groups in total. The SMILES string of the molecule is CC(=O)NC(CN1CCSC1=N)c1ccccc1. The molecule has 2 rings (SSSR count). The van der Waals surface area contributed by atoms with Gasteiger partial charge in [-0.2, -0.15) is 0 Å². The van der Waals surface area contributed by atoms with Gasteiger partial charge in [-0.25, -0.2) is 0 Å². The fraction of sp³-hybridized carbons (Fsp3) is 0.385. The first kappa shape index (κ1) is 13.0. The smallest absolute Gasteiger partial charge is 0.217 e. The number of thioether (sulfide) groups is 1. The topological polar surface area (TPSA) is 56.2 Å². The molecule has 0 aliphatic carbocycles. The van der Waals surface area contributed by atoms with Crippen LogP contribution in [-0.4, -0.2) is 34.8 Å². The van der Waals surface area contributed by atoms with Crippen LogP contribution in [0, 0.1) is 5.41 Å². The Hall–Kier alpha value is -1.49. The lowest BCUT2D eigenvalue weighted by molar-refractivity contribution is -0.119. The van der Waals surface area contributed by atoms with Crippen LogP contribution in [0.4, 0.5) is 0 Å². The molecule has 0 spiro atoms. The molecule has 5 heteroatoms. The van der Waals surface area contributed by atoms with Crippen molar-refractivity contribution in [3.8, 4) is 0 Å². The zero-order valence-corrected chi connectivity index (χ0v) is 11.2. The molecule has 0 aromatic heterocycles. The number of amidine groups is 1. The summed E-state index contributed by atoms with van der Waals surface area (Å²) in [5.74, 6) is 0.919. The van der Waals surface area contributed by atoms with Gasteiger partial charge in [0.2, 0.25) is 5.91 Å². The Bertz CT molecular complexity index is 435. The van der Waals surface area contributed by atoms with E-state index in [4.69, 9.17) is 5.41 Å². The second-order valence-electron chi connectivity index (χ2n) is 4.26. The van der Waals surface area contributed by atoms with Crippen LogP contribution in [0.1, 0.15) is 18.5 Å². The van der Waals surface area contributed by atoms with Gasteiger partial charge in [-0.05, 0) is 5.56 Å². The van der Waals surface area contributed by atoms with Gasteiger partial charge >= 0.3 is 0 Å². The highest BCUT2D eigenvalue weighted by Gasteiger charge is 2.22. The molecule has 0 bridgehead atoms. The second-order valence-corrected chi connectivity index (χ2v) is 5.35. The van der Waals surface area contributed by atoms with Crippen LogP contribution < -0.4 is 5.32 Å². The summed E-state index contributed by atoms with van der Waals surface area (Å²) in [6.45, 7) is 3.07. The first-order valence-electron chi connectivity index (χ1n) is 5.95. The fourth-order valence-corrected chi connectivity index (χ4v) is 2.86. The Balaban J connectivity index is 2.10. The van der Waals surface area contributed by atoms with Crippen molar-refractivity contribution in [1.82, 2.24) is 10.2 Å². The third-order valence-corrected chi connectivity index (χ3v) is 3.79. The van der Waals surface area contributed by atoms with Gasteiger partial charge in [0.15, 0.2) is 5.17 Å². The van der Waals surface area contributed by atoms with E-state index in [2.05, 4.69) is 5.32 Å². The van der Waals surface area contributed by atoms with Gasteiger partial charge in [-0.1, -0.05) is 42.1 Å². The van der Waals surface area contributed by atoms with Gasteiger partial charge in [0.25, 0.3) is 0 Å². The van der Waals surface area contributed by atoms with Gasteiger partial charge in [-0.3, -0.25) is 10.2 Å². The maximum absolute atomic E-state index is 11.3. The number of carbonyl (C=O) groups excluding carboxylic acids is 1. The maximum Gasteiger partial charge on any atom is 0.217 e. The first-order chi connectivity index (χ1) is 8.66. The fourth-order valence-electron chi connectivity index (χ4n) is 2.01. The molecule has 0 saturated carbocycles. The lowest BCUT2D eigenvalue weighted by Gasteiger charge is -2.25. The molecule has 1 unspecified atom stereocenters. The quantitative estimate of drug-likeness (QED) is 0.871. The van der Waals surface area contributed by atoms with E-state index in [1.165, 1.54) is 6.92 Å². The Kier molecular flexibility index (Phi) is 4.25. The van der Waals surface area contributed by atoms with Crippen LogP contribution in [0.25, 0.3) is 0 Å². The molecule has 1 heterocycles. The highest BCUT2D eigenvalue weighted by atomic mass is 32.2. The number of rotatable bonds is 4. The van der Waals surface area contributed by atoms with Crippen molar-refractivity contribution >= 4 is 22.8 Å². The average molecular weight is 263 g/mol. The predicted octanol–water partition coefficient (Wildman–Crippen LogP) is 1.85. The van der Waals surface area contributed by atoms with Crippen molar-refractivity contribution in [1.29, 1.82) is 5.41 Å². The standard InChI is InChI=1S/C13H17N3OS/c1-10(17)15-12(11-5-3-2-4-6-11)9-16-7-8-18-13(16)14/h2-6,12,14H,7-9H2,1H3,(H,15,17). The van der Waals surface area contributed by atoms with Gasteiger partial charge in [0.05, 0.1) is 6.04 Å². The van der Waals surface area contributed by atoms with E-state index in [1.807, 2.05) is 35.2 Å². The summed E-state index contributed by atoms with van der Waals surface area (Å²) in [6, 6.07) is 9.86. The molecule has 1 aromatic carbocycles. The van der Waals surface area contributed by atoms with Crippen molar-refractivity contribution in [2.24, 2.45) is 0 Å². The number of nitrogens with zero attached hydrogens (tertiary/aromatic N) is 1. The van der Waals surface area contributed by atoms with E-state index in [9.17, 15) is 4.79 Å². The molecule has 1 saturated heterocycles. The molecule has 0 radical (unpaired) electrons. The minimum Gasteiger partial charge on any atom is -0.348 e. The second kappa shape index (κ2) is 5.91. The lowest BCUT2D eigenvalue weighted by Crippen LogP contribution is -2.37. The summed E-state index contributed by atoms with van der Waals surface area (Å²) in [4.78, 5) is 13.3.